The summed E-state index contributed by atoms with van der Waals surface area (Å²) in [4.78, 5) is 28.2. The van der Waals surface area contributed by atoms with Crippen LogP contribution < -0.4 is 11.0 Å². The highest BCUT2D eigenvalue weighted by atomic mass is 16.6. The van der Waals surface area contributed by atoms with E-state index in [9.17, 15) is 20.0 Å². The number of phenols is 1. The molecular weight excluding hydrogens is 302 g/mol. The average molecular weight is 317 g/mol. The van der Waals surface area contributed by atoms with Crippen molar-refractivity contribution < 1.29 is 10.0 Å². The zero-order valence-corrected chi connectivity index (χ0v) is 12.3. The average Bonchev–Trinajstić information content (AvgIpc) is 2.48. The SMILES string of the molecule is CCCc1cc(=O)[nH]c(N/N=C/c2ccc(O)c([N+](=O)[O-])c2)n1. The number of benzene rings is 1. The number of nitro groups is 1. The first-order chi connectivity index (χ1) is 11.0. The minimum absolute atomic E-state index is 0.186. The maximum atomic E-state index is 11.5. The second-order valence-electron chi connectivity index (χ2n) is 4.71. The first-order valence-electron chi connectivity index (χ1n) is 6.86. The van der Waals surface area contributed by atoms with Crippen LogP contribution in [0.15, 0.2) is 34.2 Å². The standard InChI is InChI=1S/C14H15N5O4/c1-2-3-10-7-13(21)17-14(16-10)18-15-8-9-4-5-12(20)11(6-9)19(22)23/h4-8,20H,2-3H2,1H3,(H2,16,17,18,21)/b15-8+. The van der Waals surface area contributed by atoms with Crippen LogP contribution >= 0.6 is 0 Å². The van der Waals surface area contributed by atoms with Crippen LogP contribution in [0.25, 0.3) is 0 Å². The molecule has 0 amide bonds. The minimum Gasteiger partial charge on any atom is -0.502 e. The third-order valence-corrected chi connectivity index (χ3v) is 2.88. The van der Waals surface area contributed by atoms with Gasteiger partial charge in [-0.3, -0.25) is 19.9 Å². The van der Waals surface area contributed by atoms with Gasteiger partial charge in [-0.25, -0.2) is 10.4 Å². The Bertz CT molecular complexity index is 800. The Morgan fingerprint density at radius 1 is 1.48 bits per heavy atom. The zero-order chi connectivity index (χ0) is 16.8. The molecule has 0 radical (unpaired) electrons. The van der Waals surface area contributed by atoms with E-state index in [0.29, 0.717) is 17.7 Å². The molecule has 2 aromatic rings. The molecule has 3 N–H and O–H groups in total. The van der Waals surface area contributed by atoms with Crippen molar-refractivity contribution in [1.82, 2.24) is 9.97 Å². The highest BCUT2D eigenvalue weighted by Crippen LogP contribution is 2.25. The van der Waals surface area contributed by atoms with Gasteiger partial charge in [-0.05, 0) is 18.6 Å². The van der Waals surface area contributed by atoms with E-state index >= 15 is 0 Å². The van der Waals surface area contributed by atoms with Crippen LogP contribution in [0.4, 0.5) is 11.6 Å². The molecule has 0 unspecified atom stereocenters. The van der Waals surface area contributed by atoms with Crippen LogP contribution in [0.2, 0.25) is 0 Å². The predicted octanol–water partition coefficient (Wildman–Crippen LogP) is 1.78. The number of aryl methyl sites for hydroxylation is 1. The normalized spacial score (nSPS) is 10.8. The van der Waals surface area contributed by atoms with Crippen molar-refractivity contribution in [3.05, 3.63) is 56.0 Å². The lowest BCUT2D eigenvalue weighted by molar-refractivity contribution is -0.385. The number of aromatic nitrogens is 2. The molecule has 23 heavy (non-hydrogen) atoms. The van der Waals surface area contributed by atoms with Crippen molar-refractivity contribution in [2.75, 3.05) is 5.43 Å². The molecule has 9 nitrogen and oxygen atoms in total. The molecular formula is C14H15N5O4. The van der Waals surface area contributed by atoms with E-state index in [4.69, 9.17) is 0 Å². The van der Waals surface area contributed by atoms with Crippen LogP contribution in [0.1, 0.15) is 24.6 Å². The van der Waals surface area contributed by atoms with Crippen LogP contribution in [0, 0.1) is 10.1 Å². The summed E-state index contributed by atoms with van der Waals surface area (Å²) in [6.07, 6.45) is 2.85. The summed E-state index contributed by atoms with van der Waals surface area (Å²) in [5, 5.41) is 24.0. The van der Waals surface area contributed by atoms with E-state index in [-0.39, 0.29) is 11.5 Å². The number of H-pyrrole nitrogens is 1. The van der Waals surface area contributed by atoms with Crippen LogP contribution in [0.3, 0.4) is 0 Å². The lowest BCUT2D eigenvalue weighted by atomic mass is 10.2. The van der Waals surface area contributed by atoms with E-state index in [1.165, 1.54) is 30.5 Å². The van der Waals surface area contributed by atoms with Gasteiger partial charge in [0.15, 0.2) is 5.75 Å². The number of hydrogen-bond donors (Lipinski definition) is 3. The molecule has 0 atom stereocenters. The van der Waals surface area contributed by atoms with Crippen molar-refractivity contribution in [3.63, 3.8) is 0 Å². The summed E-state index contributed by atoms with van der Waals surface area (Å²) < 4.78 is 0. The summed E-state index contributed by atoms with van der Waals surface area (Å²) in [5.74, 6) is -0.233. The van der Waals surface area contributed by atoms with E-state index in [0.717, 1.165) is 6.42 Å². The maximum absolute atomic E-state index is 11.5. The minimum atomic E-state index is -0.687. The van der Waals surface area contributed by atoms with Gasteiger partial charge in [0.05, 0.1) is 11.1 Å². The molecule has 0 aliphatic heterocycles. The molecule has 9 heteroatoms. The largest absolute Gasteiger partial charge is 0.502 e. The third kappa shape index (κ3) is 4.37. The maximum Gasteiger partial charge on any atom is 0.311 e. The Morgan fingerprint density at radius 3 is 2.96 bits per heavy atom. The van der Waals surface area contributed by atoms with Crippen LogP contribution in [-0.2, 0) is 6.42 Å². The highest BCUT2D eigenvalue weighted by molar-refractivity contribution is 5.81. The Balaban J connectivity index is 2.14. The second kappa shape index (κ2) is 7.16. The lowest BCUT2D eigenvalue weighted by Gasteiger charge is -2.02. The number of aromatic amines is 1. The third-order valence-electron chi connectivity index (χ3n) is 2.88. The molecule has 120 valence electrons. The smallest absolute Gasteiger partial charge is 0.311 e. The fourth-order valence-corrected chi connectivity index (χ4v) is 1.88. The van der Waals surface area contributed by atoms with Gasteiger partial charge in [0, 0.05) is 23.4 Å². The number of aromatic hydroxyl groups is 1. The molecule has 0 spiro atoms. The number of hydrogen-bond acceptors (Lipinski definition) is 7. The molecule has 0 saturated heterocycles. The number of phenolic OH excluding ortho intramolecular Hbond substituents is 1. The molecule has 0 aliphatic rings. The van der Waals surface area contributed by atoms with Gasteiger partial charge < -0.3 is 5.11 Å². The van der Waals surface area contributed by atoms with Gasteiger partial charge >= 0.3 is 5.69 Å². The molecule has 0 aliphatic carbocycles. The highest BCUT2D eigenvalue weighted by Gasteiger charge is 2.12. The monoisotopic (exact) mass is 317 g/mol. The van der Waals surface area contributed by atoms with Crippen LogP contribution in [-0.4, -0.2) is 26.2 Å². The second-order valence-corrected chi connectivity index (χ2v) is 4.71. The van der Waals surface area contributed by atoms with Crippen molar-refractivity contribution in [2.24, 2.45) is 5.10 Å². The number of rotatable bonds is 6. The number of nitrogens with one attached hydrogen (secondary N) is 2. The van der Waals surface area contributed by atoms with E-state index in [1.807, 2.05) is 6.92 Å². The Kier molecular flexibility index (Phi) is 5.03. The topological polar surface area (TPSA) is 134 Å². The Morgan fingerprint density at radius 2 is 2.26 bits per heavy atom. The quantitative estimate of drug-likeness (QED) is 0.422. The molecule has 2 rings (SSSR count). The van der Waals surface area contributed by atoms with Crippen LogP contribution in [0.5, 0.6) is 5.75 Å². The van der Waals surface area contributed by atoms with Gasteiger partial charge in [-0.1, -0.05) is 13.3 Å². The van der Waals surface area contributed by atoms with E-state index in [2.05, 4.69) is 20.5 Å². The van der Waals surface area contributed by atoms with Crippen molar-refractivity contribution in [1.29, 1.82) is 0 Å². The first kappa shape index (κ1) is 16.1. The zero-order valence-electron chi connectivity index (χ0n) is 12.3. The number of anilines is 1. The summed E-state index contributed by atoms with van der Waals surface area (Å²) in [6, 6.07) is 5.28. The van der Waals surface area contributed by atoms with E-state index in [1.54, 1.807) is 0 Å². The molecule has 0 fully saturated rings. The molecule has 0 saturated carbocycles. The number of hydrazone groups is 1. The molecule has 1 aromatic heterocycles. The summed E-state index contributed by atoms with van der Waals surface area (Å²) >= 11 is 0. The first-order valence-corrected chi connectivity index (χ1v) is 6.86. The number of nitrogens with zero attached hydrogens (tertiary/aromatic N) is 3. The number of nitro benzene ring substituents is 1. The van der Waals surface area contributed by atoms with Gasteiger partial charge in [0.1, 0.15) is 0 Å². The predicted molar refractivity (Wildman–Crippen MR) is 84.8 cm³/mol. The molecule has 1 aromatic carbocycles. The van der Waals surface area contributed by atoms with Crippen molar-refractivity contribution >= 4 is 17.9 Å². The molecule has 0 bridgehead atoms. The summed E-state index contributed by atoms with van der Waals surface area (Å²) in [5.41, 5.74) is 2.92. The fourth-order valence-electron chi connectivity index (χ4n) is 1.88. The fraction of sp³-hybridized carbons (Fsp3) is 0.214. The van der Waals surface area contributed by atoms with Crippen molar-refractivity contribution in [3.8, 4) is 5.75 Å². The Labute approximate surface area is 130 Å². The van der Waals surface area contributed by atoms with Crippen molar-refractivity contribution in [2.45, 2.75) is 19.8 Å². The molecule has 1 heterocycles. The Hall–Kier alpha value is -3.23. The van der Waals surface area contributed by atoms with Gasteiger partial charge in [-0.2, -0.15) is 5.10 Å². The lowest BCUT2D eigenvalue weighted by Crippen LogP contribution is -2.11. The van der Waals surface area contributed by atoms with E-state index < -0.39 is 16.4 Å². The summed E-state index contributed by atoms with van der Waals surface area (Å²) in [7, 11) is 0. The summed E-state index contributed by atoms with van der Waals surface area (Å²) in [6.45, 7) is 1.98. The van der Waals surface area contributed by atoms with Gasteiger partial charge in [0.2, 0.25) is 5.95 Å². The van der Waals surface area contributed by atoms with Gasteiger partial charge in [-0.15, -0.1) is 0 Å². The van der Waals surface area contributed by atoms with Gasteiger partial charge in [0.25, 0.3) is 5.56 Å².